The fourth-order valence-corrected chi connectivity index (χ4v) is 1.81. The average Bonchev–Trinajstić information content (AvgIpc) is 2.67. The summed E-state index contributed by atoms with van der Waals surface area (Å²) in [4.78, 5) is 12.2. The van der Waals surface area contributed by atoms with Crippen LogP contribution >= 0.6 is 0 Å². The summed E-state index contributed by atoms with van der Waals surface area (Å²) in [6.45, 7) is 1.86. The number of carbonyl (C=O) groups is 1. The Balaban J connectivity index is 2.24. The van der Waals surface area contributed by atoms with Crippen LogP contribution in [-0.4, -0.2) is 22.7 Å². The van der Waals surface area contributed by atoms with Crippen molar-refractivity contribution in [2.45, 2.75) is 6.92 Å². The molecule has 0 atom stereocenters. The minimum atomic E-state index is -0.143. The predicted octanol–water partition coefficient (Wildman–Crippen LogP) is 2.02. The van der Waals surface area contributed by atoms with Crippen LogP contribution in [0.1, 0.15) is 16.1 Å². The number of nitrogens with zero attached hydrogens (tertiary/aromatic N) is 2. The molecule has 94 valence electrons. The minimum Gasteiger partial charge on any atom is -0.387 e. The predicted molar refractivity (Wildman–Crippen MR) is 71.9 cm³/mol. The molecule has 0 spiro atoms. The lowest BCUT2D eigenvalue weighted by Crippen LogP contribution is -2.14. The van der Waals surface area contributed by atoms with Crippen molar-refractivity contribution < 1.29 is 4.79 Å². The third-order valence-corrected chi connectivity index (χ3v) is 2.70. The van der Waals surface area contributed by atoms with E-state index in [1.54, 1.807) is 24.0 Å². The van der Waals surface area contributed by atoms with Crippen molar-refractivity contribution >= 4 is 17.3 Å². The van der Waals surface area contributed by atoms with Gasteiger partial charge in [-0.15, -0.1) is 0 Å². The van der Waals surface area contributed by atoms with Crippen molar-refractivity contribution in [1.29, 1.82) is 0 Å². The molecule has 1 aromatic carbocycles. The van der Waals surface area contributed by atoms with Gasteiger partial charge in [0, 0.05) is 26.0 Å². The van der Waals surface area contributed by atoms with Gasteiger partial charge in [0.2, 0.25) is 0 Å². The van der Waals surface area contributed by atoms with Crippen LogP contribution in [0.4, 0.5) is 11.4 Å². The van der Waals surface area contributed by atoms with Gasteiger partial charge in [0.1, 0.15) is 0 Å². The van der Waals surface area contributed by atoms with Gasteiger partial charge in [0.15, 0.2) is 0 Å². The molecule has 2 rings (SSSR count). The third-order valence-electron chi connectivity index (χ3n) is 2.70. The lowest BCUT2D eigenvalue weighted by atomic mass is 10.1. The Morgan fingerprint density at radius 2 is 2.00 bits per heavy atom. The van der Waals surface area contributed by atoms with E-state index in [2.05, 4.69) is 15.7 Å². The highest BCUT2D eigenvalue weighted by Crippen LogP contribution is 2.18. The maximum Gasteiger partial charge on any atom is 0.257 e. The zero-order valence-electron chi connectivity index (χ0n) is 10.7. The first-order valence-electron chi connectivity index (χ1n) is 5.70. The molecule has 5 nitrogen and oxygen atoms in total. The summed E-state index contributed by atoms with van der Waals surface area (Å²) in [5.41, 5.74) is 2.95. The van der Waals surface area contributed by atoms with Gasteiger partial charge < -0.3 is 10.6 Å². The number of nitrogens with one attached hydrogen (secondary N) is 2. The molecule has 2 aromatic rings. The number of hydrogen-bond donors (Lipinski definition) is 2. The topological polar surface area (TPSA) is 59.0 Å². The highest BCUT2D eigenvalue weighted by Gasteiger charge is 2.12. The molecule has 1 heterocycles. The summed E-state index contributed by atoms with van der Waals surface area (Å²) in [5, 5.41) is 10.0. The summed E-state index contributed by atoms with van der Waals surface area (Å²) < 4.78 is 1.68. The van der Waals surface area contributed by atoms with Crippen LogP contribution in [0.3, 0.4) is 0 Å². The molecule has 2 N–H and O–H groups in total. The number of carbonyl (C=O) groups excluding carboxylic acids is 1. The smallest absolute Gasteiger partial charge is 0.257 e. The number of aromatic nitrogens is 2. The van der Waals surface area contributed by atoms with Gasteiger partial charge in [-0.2, -0.15) is 5.10 Å². The molecule has 0 radical (unpaired) electrons. The van der Waals surface area contributed by atoms with Crippen molar-refractivity contribution in [3.8, 4) is 0 Å². The number of anilines is 2. The van der Waals surface area contributed by atoms with Crippen LogP contribution in [0.5, 0.6) is 0 Å². The Bertz CT molecular complexity index is 574. The number of aryl methyl sites for hydroxylation is 2. The second kappa shape index (κ2) is 4.91. The summed E-state index contributed by atoms with van der Waals surface area (Å²) in [6, 6.07) is 7.38. The van der Waals surface area contributed by atoms with Gasteiger partial charge in [-0.1, -0.05) is 12.1 Å². The minimum absolute atomic E-state index is 0.143. The number of benzene rings is 1. The fourth-order valence-electron chi connectivity index (χ4n) is 1.81. The Kier molecular flexibility index (Phi) is 3.32. The Morgan fingerprint density at radius 1 is 1.28 bits per heavy atom. The molecular weight excluding hydrogens is 228 g/mol. The summed E-state index contributed by atoms with van der Waals surface area (Å²) >= 11 is 0. The van der Waals surface area contributed by atoms with Crippen molar-refractivity contribution in [2.75, 3.05) is 17.7 Å². The second-order valence-corrected chi connectivity index (χ2v) is 4.05. The van der Waals surface area contributed by atoms with Gasteiger partial charge in [0.25, 0.3) is 5.91 Å². The van der Waals surface area contributed by atoms with Crippen LogP contribution in [0.15, 0.2) is 30.5 Å². The average molecular weight is 244 g/mol. The molecular formula is C13H16N4O. The SMILES string of the molecule is CNc1ccccc1C(=O)Nc1cn(C)nc1C. The van der Waals surface area contributed by atoms with E-state index in [1.807, 2.05) is 32.2 Å². The highest BCUT2D eigenvalue weighted by molar-refractivity contribution is 6.08. The summed E-state index contributed by atoms with van der Waals surface area (Å²) in [7, 11) is 3.62. The lowest BCUT2D eigenvalue weighted by molar-refractivity contribution is 0.102. The van der Waals surface area contributed by atoms with Gasteiger partial charge >= 0.3 is 0 Å². The fraction of sp³-hybridized carbons (Fsp3) is 0.231. The number of amides is 1. The zero-order chi connectivity index (χ0) is 13.1. The Morgan fingerprint density at radius 3 is 2.61 bits per heavy atom. The number of rotatable bonds is 3. The normalized spacial score (nSPS) is 10.2. The Hall–Kier alpha value is -2.30. The standard InChI is InChI=1S/C13H16N4O/c1-9-12(8-17(3)16-9)15-13(18)10-6-4-5-7-11(10)14-2/h4-8,14H,1-3H3,(H,15,18). The number of hydrogen-bond acceptors (Lipinski definition) is 3. The monoisotopic (exact) mass is 244 g/mol. The van der Waals surface area contributed by atoms with E-state index in [-0.39, 0.29) is 5.91 Å². The molecule has 0 bridgehead atoms. The van der Waals surface area contributed by atoms with Crippen LogP contribution in [0, 0.1) is 6.92 Å². The first-order chi connectivity index (χ1) is 8.61. The summed E-state index contributed by atoms with van der Waals surface area (Å²) in [6.07, 6.45) is 1.79. The first-order valence-corrected chi connectivity index (χ1v) is 5.70. The molecule has 0 aliphatic rings. The van der Waals surface area contributed by atoms with Crippen molar-refractivity contribution in [3.05, 3.63) is 41.7 Å². The van der Waals surface area contributed by atoms with Crippen LogP contribution < -0.4 is 10.6 Å². The summed E-state index contributed by atoms with van der Waals surface area (Å²) in [5.74, 6) is -0.143. The van der Waals surface area contributed by atoms with E-state index >= 15 is 0 Å². The third kappa shape index (κ3) is 2.34. The van der Waals surface area contributed by atoms with Crippen LogP contribution in [-0.2, 0) is 7.05 Å². The first kappa shape index (κ1) is 12.2. The quantitative estimate of drug-likeness (QED) is 0.868. The number of para-hydroxylation sites is 1. The second-order valence-electron chi connectivity index (χ2n) is 4.05. The van der Waals surface area contributed by atoms with E-state index < -0.39 is 0 Å². The zero-order valence-corrected chi connectivity index (χ0v) is 10.7. The molecule has 18 heavy (non-hydrogen) atoms. The van der Waals surface area contributed by atoms with Crippen molar-refractivity contribution in [1.82, 2.24) is 9.78 Å². The van der Waals surface area contributed by atoms with E-state index in [0.717, 1.165) is 17.1 Å². The van der Waals surface area contributed by atoms with Gasteiger partial charge in [-0.3, -0.25) is 9.48 Å². The molecule has 0 saturated carbocycles. The van der Waals surface area contributed by atoms with Gasteiger partial charge in [-0.25, -0.2) is 0 Å². The van der Waals surface area contributed by atoms with Gasteiger partial charge in [0.05, 0.1) is 16.9 Å². The maximum absolute atomic E-state index is 12.2. The molecule has 5 heteroatoms. The van der Waals surface area contributed by atoms with Gasteiger partial charge in [-0.05, 0) is 19.1 Å². The molecule has 0 aliphatic heterocycles. The molecule has 1 amide bonds. The molecule has 0 saturated heterocycles. The van der Waals surface area contributed by atoms with Crippen molar-refractivity contribution in [2.24, 2.45) is 7.05 Å². The largest absolute Gasteiger partial charge is 0.387 e. The molecule has 1 aromatic heterocycles. The van der Waals surface area contributed by atoms with E-state index in [1.165, 1.54) is 0 Å². The van der Waals surface area contributed by atoms with Crippen LogP contribution in [0.2, 0.25) is 0 Å². The Labute approximate surface area is 106 Å². The molecule has 0 unspecified atom stereocenters. The van der Waals surface area contributed by atoms with E-state index in [4.69, 9.17) is 0 Å². The molecule has 0 aliphatic carbocycles. The lowest BCUT2D eigenvalue weighted by Gasteiger charge is -2.08. The maximum atomic E-state index is 12.2. The highest BCUT2D eigenvalue weighted by atomic mass is 16.1. The van der Waals surface area contributed by atoms with E-state index in [0.29, 0.717) is 5.56 Å². The van der Waals surface area contributed by atoms with E-state index in [9.17, 15) is 4.79 Å². The van der Waals surface area contributed by atoms with Crippen molar-refractivity contribution in [3.63, 3.8) is 0 Å². The molecule has 0 fully saturated rings. The van der Waals surface area contributed by atoms with Crippen LogP contribution in [0.25, 0.3) is 0 Å².